The Bertz CT molecular complexity index is 403. The molecule has 1 aromatic rings. The molecule has 0 saturated carbocycles. The molecule has 0 amide bonds. The first-order chi connectivity index (χ1) is 7.08. The topological polar surface area (TPSA) is 33.0 Å². The third-order valence-electron chi connectivity index (χ3n) is 1.60. The van der Waals surface area contributed by atoms with Crippen LogP contribution in [0.25, 0.3) is 0 Å². The molecule has 0 aliphatic carbocycles. The third kappa shape index (κ3) is 2.86. The first kappa shape index (κ1) is 11.9. The van der Waals surface area contributed by atoms with Crippen LogP contribution in [0.3, 0.4) is 0 Å². The van der Waals surface area contributed by atoms with Crippen LogP contribution < -0.4 is 4.74 Å². The van der Waals surface area contributed by atoms with Gasteiger partial charge in [0.2, 0.25) is 0 Å². The summed E-state index contributed by atoms with van der Waals surface area (Å²) < 4.78 is 41.1. The second kappa shape index (κ2) is 5.03. The van der Waals surface area contributed by atoms with Crippen molar-refractivity contribution in [3.63, 3.8) is 0 Å². The van der Waals surface area contributed by atoms with Crippen LogP contribution in [0.2, 0.25) is 0 Å². The smallest absolute Gasteiger partial charge is 0.387 e. The molecule has 0 aliphatic rings. The molecule has 0 N–H and O–H groups in total. The number of halogens is 4. The van der Waals surface area contributed by atoms with Gasteiger partial charge in [0.1, 0.15) is 23.2 Å². The fraction of sp³-hybridized carbons (Fsp3) is 0.222. The van der Waals surface area contributed by atoms with E-state index in [1.165, 1.54) is 12.1 Å². The average molecular weight is 280 g/mol. The Hall–Kier alpha value is -1.22. The van der Waals surface area contributed by atoms with E-state index in [1.807, 2.05) is 0 Å². The number of alkyl halides is 3. The van der Waals surface area contributed by atoms with E-state index in [9.17, 15) is 13.2 Å². The van der Waals surface area contributed by atoms with E-state index in [0.29, 0.717) is 5.56 Å². The Kier molecular flexibility index (Phi) is 3.97. The SMILES string of the molecule is N#Cc1c(F)cc(CBr)cc1OC(F)F. The molecule has 0 spiro atoms. The van der Waals surface area contributed by atoms with Crippen LogP contribution in [0, 0.1) is 17.1 Å². The lowest BCUT2D eigenvalue weighted by molar-refractivity contribution is -0.0502. The van der Waals surface area contributed by atoms with Crippen molar-refractivity contribution in [1.29, 1.82) is 5.26 Å². The lowest BCUT2D eigenvalue weighted by Gasteiger charge is -2.08. The van der Waals surface area contributed by atoms with Crippen molar-refractivity contribution in [3.8, 4) is 11.8 Å². The summed E-state index contributed by atoms with van der Waals surface area (Å²) in [5.74, 6) is -1.31. The van der Waals surface area contributed by atoms with Gasteiger partial charge in [-0.25, -0.2) is 4.39 Å². The second-order valence-corrected chi connectivity index (χ2v) is 3.14. The summed E-state index contributed by atoms with van der Waals surface area (Å²) in [6.07, 6.45) is 0. The molecule has 2 nitrogen and oxygen atoms in total. The zero-order valence-electron chi connectivity index (χ0n) is 7.31. The number of hydrogen-bond acceptors (Lipinski definition) is 2. The highest BCUT2D eigenvalue weighted by Gasteiger charge is 2.15. The molecule has 0 aliphatic heterocycles. The molecular weight excluding hydrogens is 275 g/mol. The summed E-state index contributed by atoms with van der Waals surface area (Å²) in [6.45, 7) is -3.08. The quantitative estimate of drug-likeness (QED) is 0.796. The maximum absolute atomic E-state index is 13.2. The fourth-order valence-electron chi connectivity index (χ4n) is 1.01. The van der Waals surface area contributed by atoms with Gasteiger partial charge in [-0.1, -0.05) is 15.9 Å². The van der Waals surface area contributed by atoms with Crippen LogP contribution in [0.4, 0.5) is 13.2 Å². The van der Waals surface area contributed by atoms with Gasteiger partial charge >= 0.3 is 6.61 Å². The summed E-state index contributed by atoms with van der Waals surface area (Å²) in [4.78, 5) is 0. The molecule has 15 heavy (non-hydrogen) atoms. The molecule has 0 atom stereocenters. The number of nitriles is 1. The van der Waals surface area contributed by atoms with Gasteiger partial charge in [-0.2, -0.15) is 14.0 Å². The largest absolute Gasteiger partial charge is 0.433 e. The summed E-state index contributed by atoms with van der Waals surface area (Å²) in [5, 5.41) is 8.84. The number of nitrogens with zero attached hydrogens (tertiary/aromatic N) is 1. The van der Waals surface area contributed by atoms with Gasteiger partial charge in [0.05, 0.1) is 0 Å². The lowest BCUT2D eigenvalue weighted by Crippen LogP contribution is -2.05. The molecular formula is C9H5BrF3NO. The molecule has 1 aromatic carbocycles. The maximum Gasteiger partial charge on any atom is 0.387 e. The van der Waals surface area contributed by atoms with Crippen LogP contribution in [0.15, 0.2) is 12.1 Å². The zero-order chi connectivity index (χ0) is 11.4. The van der Waals surface area contributed by atoms with Gasteiger partial charge in [-0.05, 0) is 17.7 Å². The van der Waals surface area contributed by atoms with Gasteiger partial charge in [0, 0.05) is 5.33 Å². The lowest BCUT2D eigenvalue weighted by atomic mass is 10.1. The predicted octanol–water partition coefficient (Wildman–Crippen LogP) is 3.19. The van der Waals surface area contributed by atoms with Crippen LogP contribution in [0.5, 0.6) is 5.75 Å². The minimum Gasteiger partial charge on any atom is -0.433 e. The molecule has 6 heteroatoms. The van der Waals surface area contributed by atoms with Crippen molar-refractivity contribution in [2.24, 2.45) is 0 Å². The molecule has 0 fully saturated rings. The molecule has 0 saturated heterocycles. The summed E-state index contributed by atoms with van der Waals surface area (Å²) in [7, 11) is 0. The van der Waals surface area contributed by atoms with Gasteiger partial charge < -0.3 is 4.74 Å². The van der Waals surface area contributed by atoms with Crippen molar-refractivity contribution in [2.75, 3.05) is 0 Å². The summed E-state index contributed by atoms with van der Waals surface area (Å²) in [5.41, 5.74) is -0.0952. The minimum atomic E-state index is -3.08. The van der Waals surface area contributed by atoms with Crippen LogP contribution in [0.1, 0.15) is 11.1 Å². The van der Waals surface area contributed by atoms with Crippen molar-refractivity contribution >= 4 is 15.9 Å². The van der Waals surface area contributed by atoms with Gasteiger partial charge in [-0.15, -0.1) is 0 Å². The highest BCUT2D eigenvalue weighted by molar-refractivity contribution is 9.08. The van der Waals surface area contributed by atoms with Crippen LogP contribution in [-0.2, 0) is 5.33 Å². The monoisotopic (exact) mass is 279 g/mol. The standard InChI is InChI=1S/C9H5BrF3NO/c10-3-5-1-7(11)6(4-14)8(2-5)15-9(12)13/h1-2,9H,3H2. The molecule has 80 valence electrons. The zero-order valence-corrected chi connectivity index (χ0v) is 8.89. The maximum atomic E-state index is 13.2. The Morgan fingerprint density at radius 1 is 1.47 bits per heavy atom. The van der Waals surface area contributed by atoms with Crippen molar-refractivity contribution < 1.29 is 17.9 Å². The highest BCUT2D eigenvalue weighted by Crippen LogP contribution is 2.25. The average Bonchev–Trinajstić information content (AvgIpc) is 2.16. The first-order valence-electron chi connectivity index (χ1n) is 3.81. The van der Waals surface area contributed by atoms with E-state index in [4.69, 9.17) is 5.26 Å². The van der Waals surface area contributed by atoms with E-state index in [-0.39, 0.29) is 5.33 Å². The summed E-state index contributed by atoms with van der Waals surface area (Å²) >= 11 is 3.05. The number of rotatable bonds is 3. The Morgan fingerprint density at radius 3 is 2.60 bits per heavy atom. The van der Waals surface area contributed by atoms with Gasteiger partial charge in [0.25, 0.3) is 0 Å². The van der Waals surface area contributed by atoms with Crippen molar-refractivity contribution in [2.45, 2.75) is 11.9 Å². The predicted molar refractivity (Wildman–Crippen MR) is 50.4 cm³/mol. The van der Waals surface area contributed by atoms with E-state index in [2.05, 4.69) is 20.7 Å². The minimum absolute atomic E-state index is 0.287. The second-order valence-electron chi connectivity index (χ2n) is 2.57. The van der Waals surface area contributed by atoms with Crippen LogP contribution >= 0.6 is 15.9 Å². The first-order valence-corrected chi connectivity index (χ1v) is 4.94. The Labute approximate surface area is 92.4 Å². The molecule has 0 unspecified atom stereocenters. The van der Waals surface area contributed by atoms with E-state index in [0.717, 1.165) is 6.07 Å². The molecule has 1 rings (SSSR count). The number of hydrogen-bond donors (Lipinski definition) is 0. The third-order valence-corrected chi connectivity index (χ3v) is 2.24. The van der Waals surface area contributed by atoms with Crippen molar-refractivity contribution in [1.82, 2.24) is 0 Å². The molecule has 0 bridgehead atoms. The van der Waals surface area contributed by atoms with Gasteiger partial charge in [0.15, 0.2) is 0 Å². The Morgan fingerprint density at radius 2 is 2.13 bits per heavy atom. The highest BCUT2D eigenvalue weighted by atomic mass is 79.9. The Balaban J connectivity index is 3.21. The van der Waals surface area contributed by atoms with E-state index in [1.54, 1.807) is 0 Å². The molecule has 0 heterocycles. The molecule has 0 radical (unpaired) electrons. The van der Waals surface area contributed by atoms with E-state index < -0.39 is 23.7 Å². The number of ether oxygens (including phenoxy) is 1. The summed E-state index contributed by atoms with van der Waals surface area (Å²) in [6, 6.07) is 3.76. The van der Waals surface area contributed by atoms with Gasteiger partial charge in [-0.3, -0.25) is 0 Å². The fourth-order valence-corrected chi connectivity index (χ4v) is 1.33. The van der Waals surface area contributed by atoms with E-state index >= 15 is 0 Å². The normalized spacial score (nSPS) is 10.1. The van der Waals surface area contributed by atoms with Crippen molar-refractivity contribution in [3.05, 3.63) is 29.1 Å². The van der Waals surface area contributed by atoms with Crippen LogP contribution in [-0.4, -0.2) is 6.61 Å². The molecule has 0 aromatic heterocycles. The number of benzene rings is 1.